The predicted molar refractivity (Wildman–Crippen MR) is 109 cm³/mol. The number of imidazole rings is 1. The standard InChI is InChI=1S/C22H24N4O/c1-3-27-22-17(14-16-8-4-5-9-18(16)25-22)15-23-13-12-21-24-19-10-6-7-11-20(19)26(21)2/h4-11,14,23H,3,12-13,15H2,1-2H3. The molecule has 2 aromatic heterocycles. The zero-order valence-corrected chi connectivity index (χ0v) is 15.8. The Morgan fingerprint density at radius 3 is 2.59 bits per heavy atom. The average Bonchev–Trinajstić information content (AvgIpc) is 3.01. The Hall–Kier alpha value is -2.92. The highest BCUT2D eigenvalue weighted by Gasteiger charge is 2.09. The lowest BCUT2D eigenvalue weighted by atomic mass is 10.1. The molecule has 0 unspecified atom stereocenters. The average molecular weight is 360 g/mol. The third-order valence-electron chi connectivity index (χ3n) is 4.76. The van der Waals surface area contributed by atoms with Gasteiger partial charge in [-0.1, -0.05) is 30.3 Å². The van der Waals surface area contributed by atoms with Crippen molar-refractivity contribution >= 4 is 21.9 Å². The van der Waals surface area contributed by atoms with Gasteiger partial charge in [0, 0.05) is 37.5 Å². The highest BCUT2D eigenvalue weighted by Crippen LogP contribution is 2.22. The molecular weight excluding hydrogens is 336 g/mol. The van der Waals surface area contributed by atoms with Crippen LogP contribution in [-0.2, 0) is 20.0 Å². The number of fused-ring (bicyclic) bond motifs is 2. The summed E-state index contributed by atoms with van der Waals surface area (Å²) in [5.74, 6) is 1.80. The van der Waals surface area contributed by atoms with Gasteiger partial charge in [-0.05, 0) is 31.2 Å². The van der Waals surface area contributed by atoms with E-state index in [-0.39, 0.29) is 0 Å². The van der Waals surface area contributed by atoms with Gasteiger partial charge >= 0.3 is 0 Å². The lowest BCUT2D eigenvalue weighted by Crippen LogP contribution is -2.19. The summed E-state index contributed by atoms with van der Waals surface area (Å²) >= 11 is 0. The second-order valence-corrected chi connectivity index (χ2v) is 6.58. The number of pyridine rings is 1. The fourth-order valence-electron chi connectivity index (χ4n) is 3.37. The highest BCUT2D eigenvalue weighted by molar-refractivity contribution is 5.80. The first-order valence-electron chi connectivity index (χ1n) is 9.39. The van der Waals surface area contributed by atoms with Gasteiger partial charge in [-0.3, -0.25) is 0 Å². The van der Waals surface area contributed by atoms with E-state index in [0.29, 0.717) is 12.5 Å². The summed E-state index contributed by atoms with van der Waals surface area (Å²) in [6.45, 7) is 4.16. The molecule has 138 valence electrons. The second-order valence-electron chi connectivity index (χ2n) is 6.58. The zero-order valence-electron chi connectivity index (χ0n) is 15.8. The molecule has 5 nitrogen and oxygen atoms in total. The van der Waals surface area contributed by atoms with Crippen LogP contribution in [0.25, 0.3) is 21.9 Å². The van der Waals surface area contributed by atoms with Gasteiger partial charge in [0.1, 0.15) is 5.82 Å². The van der Waals surface area contributed by atoms with Gasteiger partial charge in [-0.25, -0.2) is 9.97 Å². The van der Waals surface area contributed by atoms with E-state index in [9.17, 15) is 0 Å². The minimum absolute atomic E-state index is 0.609. The molecule has 0 atom stereocenters. The maximum Gasteiger partial charge on any atom is 0.218 e. The number of nitrogens with one attached hydrogen (secondary N) is 1. The van der Waals surface area contributed by atoms with Crippen LogP contribution in [0, 0.1) is 0 Å². The Morgan fingerprint density at radius 1 is 1.00 bits per heavy atom. The highest BCUT2D eigenvalue weighted by atomic mass is 16.5. The van der Waals surface area contributed by atoms with Gasteiger partial charge in [-0.2, -0.15) is 0 Å². The lowest BCUT2D eigenvalue weighted by molar-refractivity contribution is 0.323. The Labute approximate surface area is 159 Å². The number of ether oxygens (including phenoxy) is 1. The maximum absolute atomic E-state index is 5.75. The van der Waals surface area contributed by atoms with E-state index in [1.807, 2.05) is 37.3 Å². The molecule has 4 rings (SSSR count). The molecule has 0 spiro atoms. The number of rotatable bonds is 7. The number of nitrogens with zero attached hydrogens (tertiary/aromatic N) is 3. The fourth-order valence-corrected chi connectivity index (χ4v) is 3.37. The van der Waals surface area contributed by atoms with Crippen LogP contribution in [0.2, 0.25) is 0 Å². The van der Waals surface area contributed by atoms with Crippen molar-refractivity contribution < 1.29 is 4.74 Å². The first-order valence-corrected chi connectivity index (χ1v) is 9.39. The van der Waals surface area contributed by atoms with Crippen molar-refractivity contribution in [1.29, 1.82) is 0 Å². The molecule has 0 aliphatic rings. The summed E-state index contributed by atoms with van der Waals surface area (Å²) in [6, 6.07) is 18.5. The SMILES string of the molecule is CCOc1nc2ccccc2cc1CNCCc1nc2ccccc2n1C. The molecule has 0 radical (unpaired) electrons. The fraction of sp³-hybridized carbons (Fsp3) is 0.273. The molecule has 2 aromatic carbocycles. The largest absolute Gasteiger partial charge is 0.478 e. The normalized spacial score (nSPS) is 11.3. The third kappa shape index (κ3) is 3.64. The Morgan fingerprint density at radius 2 is 1.78 bits per heavy atom. The Bertz CT molecular complexity index is 1070. The minimum Gasteiger partial charge on any atom is -0.478 e. The van der Waals surface area contributed by atoms with Crippen molar-refractivity contribution in [2.24, 2.45) is 7.05 Å². The molecule has 0 saturated carbocycles. The van der Waals surface area contributed by atoms with Gasteiger partial charge in [0.05, 0.1) is 23.2 Å². The number of para-hydroxylation sites is 3. The van der Waals surface area contributed by atoms with Crippen LogP contribution in [0.1, 0.15) is 18.3 Å². The summed E-state index contributed by atoms with van der Waals surface area (Å²) in [6.07, 6.45) is 0.871. The minimum atomic E-state index is 0.609. The summed E-state index contributed by atoms with van der Waals surface area (Å²) in [5, 5.41) is 4.64. The topological polar surface area (TPSA) is 52.0 Å². The van der Waals surface area contributed by atoms with Crippen molar-refractivity contribution in [3.8, 4) is 5.88 Å². The van der Waals surface area contributed by atoms with Crippen LogP contribution in [-0.4, -0.2) is 27.7 Å². The van der Waals surface area contributed by atoms with E-state index in [1.165, 1.54) is 5.52 Å². The van der Waals surface area contributed by atoms with Crippen molar-refractivity contribution in [2.75, 3.05) is 13.2 Å². The second kappa shape index (κ2) is 7.76. The van der Waals surface area contributed by atoms with E-state index >= 15 is 0 Å². The molecule has 0 aliphatic carbocycles. The van der Waals surface area contributed by atoms with Crippen LogP contribution in [0.15, 0.2) is 54.6 Å². The van der Waals surface area contributed by atoms with Crippen molar-refractivity contribution in [2.45, 2.75) is 19.9 Å². The first kappa shape index (κ1) is 17.5. The number of aromatic nitrogens is 3. The Kier molecular flexibility index (Phi) is 5.03. The molecule has 0 bridgehead atoms. The molecule has 1 N–H and O–H groups in total. The van der Waals surface area contributed by atoms with E-state index in [0.717, 1.165) is 47.3 Å². The molecule has 27 heavy (non-hydrogen) atoms. The smallest absolute Gasteiger partial charge is 0.218 e. The number of hydrogen-bond acceptors (Lipinski definition) is 4. The van der Waals surface area contributed by atoms with Gasteiger partial charge in [0.15, 0.2) is 0 Å². The van der Waals surface area contributed by atoms with Crippen LogP contribution in [0.5, 0.6) is 5.88 Å². The van der Waals surface area contributed by atoms with Crippen molar-refractivity contribution in [3.05, 3.63) is 66.0 Å². The first-order chi connectivity index (χ1) is 13.3. The number of benzene rings is 2. The summed E-state index contributed by atoms with van der Waals surface area (Å²) in [4.78, 5) is 9.40. The quantitative estimate of drug-likeness (QED) is 0.509. The summed E-state index contributed by atoms with van der Waals surface area (Å²) in [5.41, 5.74) is 4.27. The van der Waals surface area contributed by atoms with Gasteiger partial charge in [0.2, 0.25) is 5.88 Å². The molecule has 0 amide bonds. The molecule has 0 fully saturated rings. The van der Waals surface area contributed by atoms with E-state index in [1.54, 1.807) is 0 Å². The van der Waals surface area contributed by atoms with Crippen LogP contribution in [0.3, 0.4) is 0 Å². The maximum atomic E-state index is 5.75. The summed E-state index contributed by atoms with van der Waals surface area (Å²) < 4.78 is 7.92. The van der Waals surface area contributed by atoms with Crippen LogP contribution < -0.4 is 10.1 Å². The van der Waals surface area contributed by atoms with Crippen LogP contribution in [0.4, 0.5) is 0 Å². The van der Waals surface area contributed by atoms with Crippen molar-refractivity contribution in [1.82, 2.24) is 19.9 Å². The zero-order chi connectivity index (χ0) is 18.6. The number of aryl methyl sites for hydroxylation is 1. The van der Waals surface area contributed by atoms with Gasteiger partial charge in [-0.15, -0.1) is 0 Å². The lowest BCUT2D eigenvalue weighted by Gasteiger charge is -2.12. The van der Waals surface area contributed by atoms with E-state index in [2.05, 4.69) is 46.2 Å². The number of hydrogen-bond donors (Lipinski definition) is 1. The van der Waals surface area contributed by atoms with Crippen molar-refractivity contribution in [3.63, 3.8) is 0 Å². The predicted octanol–water partition coefficient (Wildman–Crippen LogP) is 3.85. The third-order valence-corrected chi connectivity index (χ3v) is 4.76. The molecule has 0 aliphatic heterocycles. The monoisotopic (exact) mass is 360 g/mol. The Balaban J connectivity index is 1.45. The molecular formula is C22H24N4O. The van der Waals surface area contributed by atoms with Crippen LogP contribution >= 0.6 is 0 Å². The molecule has 0 saturated heterocycles. The molecule has 2 heterocycles. The molecule has 5 heteroatoms. The van der Waals surface area contributed by atoms with E-state index in [4.69, 9.17) is 9.72 Å². The van der Waals surface area contributed by atoms with E-state index < -0.39 is 0 Å². The summed E-state index contributed by atoms with van der Waals surface area (Å²) in [7, 11) is 2.07. The molecule has 4 aromatic rings. The van der Waals surface area contributed by atoms with Gasteiger partial charge < -0.3 is 14.6 Å². The van der Waals surface area contributed by atoms with Gasteiger partial charge in [0.25, 0.3) is 0 Å².